The number of carbonyl (C=O) groups is 2. The zero-order chi connectivity index (χ0) is 19.4. The maximum absolute atomic E-state index is 12.4. The van der Waals surface area contributed by atoms with E-state index in [0.29, 0.717) is 16.2 Å². The molecule has 1 amide bonds. The van der Waals surface area contributed by atoms with Crippen molar-refractivity contribution in [3.8, 4) is 0 Å². The topological polar surface area (TPSA) is 90.7 Å². The first-order chi connectivity index (χ1) is 13.0. The molecule has 0 aliphatic carbocycles. The SMILES string of the molecule is COCc1c(C(=O)OCC(=O)Nc2ncc(Cl)cc2Cl)oc2ccccc12. The van der Waals surface area contributed by atoms with Gasteiger partial charge in [-0.05, 0) is 12.1 Å². The predicted octanol–water partition coefficient (Wildman–Crippen LogP) is 4.08. The molecule has 27 heavy (non-hydrogen) atoms. The molecule has 2 heterocycles. The minimum absolute atomic E-state index is 0.00602. The summed E-state index contributed by atoms with van der Waals surface area (Å²) >= 11 is 11.7. The normalized spacial score (nSPS) is 10.8. The molecule has 0 spiro atoms. The fourth-order valence-electron chi connectivity index (χ4n) is 2.42. The second-order valence-corrected chi connectivity index (χ2v) is 6.29. The molecule has 0 saturated heterocycles. The van der Waals surface area contributed by atoms with Gasteiger partial charge in [-0.2, -0.15) is 0 Å². The van der Waals surface area contributed by atoms with Gasteiger partial charge in [-0.3, -0.25) is 4.79 Å². The molecule has 2 aromatic heterocycles. The number of anilines is 1. The van der Waals surface area contributed by atoms with Gasteiger partial charge in [-0.1, -0.05) is 41.4 Å². The third-order valence-corrected chi connectivity index (χ3v) is 4.07. The maximum Gasteiger partial charge on any atom is 0.375 e. The highest BCUT2D eigenvalue weighted by Gasteiger charge is 2.22. The Bertz CT molecular complexity index is 1000. The smallest absolute Gasteiger partial charge is 0.375 e. The average molecular weight is 409 g/mol. The van der Waals surface area contributed by atoms with Crippen molar-refractivity contribution >= 4 is 51.9 Å². The van der Waals surface area contributed by atoms with Crippen LogP contribution in [0.5, 0.6) is 0 Å². The number of methoxy groups -OCH3 is 1. The Hall–Kier alpha value is -2.61. The van der Waals surface area contributed by atoms with Gasteiger partial charge >= 0.3 is 5.97 Å². The third kappa shape index (κ3) is 4.39. The van der Waals surface area contributed by atoms with Gasteiger partial charge in [0.25, 0.3) is 5.91 Å². The second-order valence-electron chi connectivity index (χ2n) is 5.45. The summed E-state index contributed by atoms with van der Waals surface area (Å²) < 4.78 is 15.7. The van der Waals surface area contributed by atoms with Crippen molar-refractivity contribution in [1.29, 1.82) is 0 Å². The number of ether oxygens (including phenoxy) is 2. The molecule has 0 atom stereocenters. The van der Waals surface area contributed by atoms with Crippen molar-refractivity contribution in [1.82, 2.24) is 4.98 Å². The minimum Gasteiger partial charge on any atom is -0.450 e. The maximum atomic E-state index is 12.4. The summed E-state index contributed by atoms with van der Waals surface area (Å²) in [6.45, 7) is -0.374. The summed E-state index contributed by atoms with van der Waals surface area (Å²) in [5.41, 5.74) is 1.08. The van der Waals surface area contributed by atoms with Gasteiger partial charge in [-0.15, -0.1) is 0 Å². The van der Waals surface area contributed by atoms with Gasteiger partial charge in [-0.25, -0.2) is 9.78 Å². The largest absolute Gasteiger partial charge is 0.450 e. The Morgan fingerprint density at radius 2 is 2.04 bits per heavy atom. The number of hydrogen-bond acceptors (Lipinski definition) is 6. The number of rotatable bonds is 6. The van der Waals surface area contributed by atoms with Crippen molar-refractivity contribution in [2.24, 2.45) is 0 Å². The Balaban J connectivity index is 1.69. The van der Waals surface area contributed by atoms with Crippen molar-refractivity contribution < 1.29 is 23.5 Å². The first-order valence-corrected chi connectivity index (χ1v) is 8.52. The molecule has 3 rings (SSSR count). The van der Waals surface area contributed by atoms with E-state index in [1.54, 1.807) is 12.1 Å². The summed E-state index contributed by atoms with van der Waals surface area (Å²) in [5, 5.41) is 3.68. The van der Waals surface area contributed by atoms with Crippen LogP contribution in [-0.2, 0) is 20.9 Å². The van der Waals surface area contributed by atoms with Crippen LogP contribution in [0.2, 0.25) is 10.0 Å². The molecule has 7 nitrogen and oxygen atoms in total. The zero-order valence-electron chi connectivity index (χ0n) is 14.1. The lowest BCUT2D eigenvalue weighted by Crippen LogP contribution is -2.22. The zero-order valence-corrected chi connectivity index (χ0v) is 15.6. The number of hydrogen-bond donors (Lipinski definition) is 1. The molecule has 0 radical (unpaired) electrons. The Morgan fingerprint density at radius 3 is 2.78 bits per heavy atom. The van der Waals surface area contributed by atoms with Crippen LogP contribution in [0, 0.1) is 0 Å². The van der Waals surface area contributed by atoms with Crippen molar-refractivity contribution in [2.75, 3.05) is 19.0 Å². The molecule has 0 aliphatic heterocycles. The molecule has 0 bridgehead atoms. The van der Waals surface area contributed by atoms with Gasteiger partial charge in [0.1, 0.15) is 5.58 Å². The third-order valence-electron chi connectivity index (χ3n) is 3.57. The van der Waals surface area contributed by atoms with Crippen LogP contribution >= 0.6 is 23.2 Å². The number of aromatic nitrogens is 1. The molecule has 3 aromatic rings. The van der Waals surface area contributed by atoms with Gasteiger partial charge < -0.3 is 19.2 Å². The van der Waals surface area contributed by atoms with Gasteiger partial charge in [0.2, 0.25) is 5.76 Å². The molecule has 0 fully saturated rings. The molecule has 0 unspecified atom stereocenters. The summed E-state index contributed by atoms with van der Waals surface area (Å²) in [5.74, 6) is -1.27. The molecule has 0 aliphatic rings. The summed E-state index contributed by atoms with van der Waals surface area (Å²) in [4.78, 5) is 28.3. The van der Waals surface area contributed by atoms with Crippen LogP contribution in [-0.4, -0.2) is 30.6 Å². The Kier molecular flexibility index (Phi) is 5.95. The minimum atomic E-state index is -0.774. The highest BCUT2D eigenvalue weighted by molar-refractivity contribution is 6.36. The van der Waals surface area contributed by atoms with Gasteiger partial charge in [0.05, 0.1) is 16.7 Å². The van der Waals surface area contributed by atoms with E-state index in [9.17, 15) is 9.59 Å². The number of carbonyl (C=O) groups excluding carboxylic acids is 2. The number of nitrogens with zero attached hydrogens (tertiary/aromatic N) is 1. The number of pyridine rings is 1. The monoisotopic (exact) mass is 408 g/mol. The standard InChI is InChI=1S/C18H14Cl2N2O5/c1-25-8-12-11-4-2-3-5-14(11)27-16(12)18(24)26-9-15(23)22-17-13(20)6-10(19)7-21-17/h2-7H,8-9H2,1H3,(H,21,22,23). The summed E-state index contributed by atoms with van der Waals surface area (Å²) in [6.07, 6.45) is 1.33. The number of fused-ring (bicyclic) bond motifs is 1. The first-order valence-electron chi connectivity index (χ1n) is 7.77. The predicted molar refractivity (Wildman–Crippen MR) is 100 cm³/mol. The number of nitrogens with one attached hydrogen (secondary N) is 1. The number of furan rings is 1. The molecule has 1 aromatic carbocycles. The van der Waals surface area contributed by atoms with E-state index < -0.39 is 18.5 Å². The van der Waals surface area contributed by atoms with E-state index in [2.05, 4.69) is 10.3 Å². The van der Waals surface area contributed by atoms with E-state index >= 15 is 0 Å². The summed E-state index contributed by atoms with van der Waals surface area (Å²) in [6, 6.07) is 8.58. The number of benzene rings is 1. The average Bonchev–Trinajstić information content (AvgIpc) is 3.01. The fourth-order valence-corrected chi connectivity index (χ4v) is 2.85. The lowest BCUT2D eigenvalue weighted by Gasteiger charge is -2.07. The van der Waals surface area contributed by atoms with Crippen LogP contribution in [0.25, 0.3) is 11.0 Å². The van der Waals surface area contributed by atoms with Crippen LogP contribution in [0.3, 0.4) is 0 Å². The van der Waals surface area contributed by atoms with E-state index in [4.69, 9.17) is 37.1 Å². The van der Waals surface area contributed by atoms with Crippen LogP contribution in [0.1, 0.15) is 16.1 Å². The van der Waals surface area contributed by atoms with Gasteiger partial charge in [0.15, 0.2) is 12.4 Å². The fraction of sp³-hybridized carbons (Fsp3) is 0.167. The summed E-state index contributed by atoms with van der Waals surface area (Å²) in [7, 11) is 1.51. The number of halogens is 2. The van der Waals surface area contributed by atoms with Crippen molar-refractivity contribution in [2.45, 2.75) is 6.61 Å². The Morgan fingerprint density at radius 1 is 1.26 bits per heavy atom. The first kappa shape index (κ1) is 19.2. The lowest BCUT2D eigenvalue weighted by molar-refractivity contribution is -0.119. The number of esters is 1. The van der Waals surface area contributed by atoms with E-state index in [1.165, 1.54) is 19.4 Å². The molecular formula is C18H14Cl2N2O5. The van der Waals surface area contributed by atoms with Crippen LogP contribution in [0.4, 0.5) is 5.82 Å². The molecule has 140 valence electrons. The molecule has 0 saturated carbocycles. The van der Waals surface area contributed by atoms with E-state index in [-0.39, 0.29) is 23.2 Å². The Labute approximate surface area is 164 Å². The number of amides is 1. The highest BCUT2D eigenvalue weighted by Crippen LogP contribution is 2.27. The second kappa shape index (κ2) is 8.39. The van der Waals surface area contributed by atoms with Gasteiger partial charge in [0, 0.05) is 24.3 Å². The quantitative estimate of drug-likeness (QED) is 0.617. The molecule has 9 heteroatoms. The van der Waals surface area contributed by atoms with E-state index in [1.807, 2.05) is 12.1 Å². The number of para-hydroxylation sites is 1. The van der Waals surface area contributed by atoms with E-state index in [0.717, 1.165) is 5.39 Å². The van der Waals surface area contributed by atoms with Crippen molar-refractivity contribution in [3.63, 3.8) is 0 Å². The van der Waals surface area contributed by atoms with Crippen LogP contribution < -0.4 is 5.32 Å². The molecular weight excluding hydrogens is 395 g/mol. The molecule has 1 N–H and O–H groups in total. The lowest BCUT2D eigenvalue weighted by atomic mass is 10.1. The van der Waals surface area contributed by atoms with Crippen molar-refractivity contribution in [3.05, 3.63) is 57.9 Å². The van der Waals surface area contributed by atoms with Crippen LogP contribution in [0.15, 0.2) is 40.9 Å². The highest BCUT2D eigenvalue weighted by atomic mass is 35.5.